The zero-order valence-electron chi connectivity index (χ0n) is 9.75. The van der Waals surface area contributed by atoms with Crippen LogP contribution in [0.3, 0.4) is 0 Å². The number of aliphatic hydroxyl groups is 2. The molecule has 2 N–H and O–H groups in total. The summed E-state index contributed by atoms with van der Waals surface area (Å²) in [5, 5.41) is 18.6. The van der Waals surface area contributed by atoms with Gasteiger partial charge in [0.05, 0.1) is 13.2 Å². The first-order valence-corrected chi connectivity index (χ1v) is 5.64. The lowest BCUT2D eigenvalue weighted by Gasteiger charge is -2.22. The maximum absolute atomic E-state index is 13.6. The molecule has 1 aromatic carbocycles. The second-order valence-corrected chi connectivity index (χ2v) is 3.77. The number of aromatic nitrogens is 2. The van der Waals surface area contributed by atoms with Crippen LogP contribution in [-0.2, 0) is 0 Å². The maximum Gasteiger partial charge on any atom is 0.149 e. The molecule has 0 aliphatic heterocycles. The lowest BCUT2D eigenvalue weighted by atomic mass is 10.2. The van der Waals surface area contributed by atoms with Crippen molar-refractivity contribution in [3.05, 3.63) is 30.3 Å². The second-order valence-electron chi connectivity index (χ2n) is 3.77. The monoisotopic (exact) mass is 251 g/mol. The van der Waals surface area contributed by atoms with Gasteiger partial charge in [-0.3, -0.25) is 0 Å². The molecule has 5 nitrogen and oxygen atoms in total. The molecular weight excluding hydrogens is 237 g/mol. The van der Waals surface area contributed by atoms with Gasteiger partial charge in [-0.2, -0.15) is 0 Å². The molecule has 2 aromatic rings. The largest absolute Gasteiger partial charge is 0.395 e. The summed E-state index contributed by atoms with van der Waals surface area (Å²) in [7, 11) is 0. The van der Waals surface area contributed by atoms with E-state index in [1.807, 2.05) is 0 Å². The Balaban J connectivity index is 2.51. The van der Waals surface area contributed by atoms with E-state index >= 15 is 0 Å². The average Bonchev–Trinajstić information content (AvgIpc) is 2.38. The summed E-state index contributed by atoms with van der Waals surface area (Å²) in [6, 6.07) is 4.64. The fourth-order valence-electron chi connectivity index (χ4n) is 1.85. The zero-order valence-corrected chi connectivity index (χ0v) is 9.75. The number of halogens is 1. The summed E-state index contributed by atoms with van der Waals surface area (Å²) in [5.41, 5.74) is 0.239. The summed E-state index contributed by atoms with van der Waals surface area (Å²) in [5.74, 6) is 0.103. The molecule has 2 rings (SSSR count). The number of anilines is 1. The van der Waals surface area contributed by atoms with Crippen molar-refractivity contribution in [2.45, 2.75) is 0 Å². The summed E-state index contributed by atoms with van der Waals surface area (Å²) in [6.07, 6.45) is 1.28. The highest BCUT2D eigenvalue weighted by Crippen LogP contribution is 2.24. The summed E-state index contributed by atoms with van der Waals surface area (Å²) in [4.78, 5) is 9.72. The maximum atomic E-state index is 13.6. The normalized spacial score (nSPS) is 10.8. The predicted octanol–water partition coefficient (Wildman–Crippen LogP) is 0.560. The van der Waals surface area contributed by atoms with Crippen molar-refractivity contribution in [3.8, 4) is 0 Å². The van der Waals surface area contributed by atoms with Gasteiger partial charge >= 0.3 is 0 Å². The molecule has 0 atom stereocenters. The first kappa shape index (κ1) is 12.7. The quantitative estimate of drug-likeness (QED) is 0.812. The van der Waals surface area contributed by atoms with E-state index < -0.39 is 5.82 Å². The van der Waals surface area contributed by atoms with Crippen LogP contribution in [0.15, 0.2) is 24.5 Å². The average molecular weight is 251 g/mol. The molecule has 0 aliphatic rings. The molecule has 0 fully saturated rings. The fourth-order valence-corrected chi connectivity index (χ4v) is 1.85. The highest BCUT2D eigenvalue weighted by Gasteiger charge is 2.13. The van der Waals surface area contributed by atoms with Gasteiger partial charge in [-0.25, -0.2) is 14.4 Å². The molecule has 6 heteroatoms. The molecule has 18 heavy (non-hydrogen) atoms. The van der Waals surface area contributed by atoms with E-state index in [0.29, 0.717) is 24.3 Å². The minimum atomic E-state index is -0.413. The van der Waals surface area contributed by atoms with Crippen molar-refractivity contribution >= 4 is 16.7 Å². The molecule has 0 unspecified atom stereocenters. The number of hydrogen-bond acceptors (Lipinski definition) is 5. The Morgan fingerprint density at radius 2 is 1.83 bits per heavy atom. The Labute approximate surface area is 104 Å². The van der Waals surface area contributed by atoms with E-state index in [1.165, 1.54) is 12.4 Å². The molecule has 1 heterocycles. The van der Waals surface area contributed by atoms with Crippen LogP contribution in [0.4, 0.5) is 10.2 Å². The van der Waals surface area contributed by atoms with Crippen LogP contribution in [-0.4, -0.2) is 46.5 Å². The second kappa shape index (κ2) is 5.70. The predicted molar refractivity (Wildman–Crippen MR) is 65.9 cm³/mol. The Morgan fingerprint density at radius 3 is 2.50 bits per heavy atom. The zero-order chi connectivity index (χ0) is 13.0. The van der Waals surface area contributed by atoms with Crippen molar-refractivity contribution in [1.82, 2.24) is 9.97 Å². The SMILES string of the molecule is OCCN(CCO)c1ncnc2c(F)cccc12. The molecule has 1 aromatic heterocycles. The van der Waals surface area contributed by atoms with Crippen molar-refractivity contribution < 1.29 is 14.6 Å². The smallest absolute Gasteiger partial charge is 0.149 e. The van der Waals surface area contributed by atoms with Gasteiger partial charge in [0.25, 0.3) is 0 Å². The van der Waals surface area contributed by atoms with E-state index in [0.717, 1.165) is 0 Å². The topological polar surface area (TPSA) is 69.5 Å². The highest BCUT2D eigenvalue weighted by molar-refractivity contribution is 5.89. The summed E-state index contributed by atoms with van der Waals surface area (Å²) in [6.45, 7) is 0.508. The number of benzene rings is 1. The van der Waals surface area contributed by atoms with E-state index in [1.54, 1.807) is 17.0 Å². The molecule has 0 amide bonds. The van der Waals surface area contributed by atoms with E-state index in [-0.39, 0.29) is 18.7 Å². The van der Waals surface area contributed by atoms with Gasteiger partial charge in [-0.1, -0.05) is 6.07 Å². The van der Waals surface area contributed by atoms with Gasteiger partial charge in [0, 0.05) is 18.5 Å². The van der Waals surface area contributed by atoms with Gasteiger partial charge in [0.15, 0.2) is 0 Å². The Kier molecular flexibility index (Phi) is 4.01. The third-order valence-electron chi connectivity index (χ3n) is 2.63. The number of rotatable bonds is 5. The molecule has 0 bridgehead atoms. The van der Waals surface area contributed by atoms with Crippen LogP contribution in [0.25, 0.3) is 10.9 Å². The number of fused-ring (bicyclic) bond motifs is 1. The van der Waals surface area contributed by atoms with Gasteiger partial charge in [-0.15, -0.1) is 0 Å². The Hall–Kier alpha value is -1.79. The van der Waals surface area contributed by atoms with Crippen LogP contribution in [0.2, 0.25) is 0 Å². The van der Waals surface area contributed by atoms with Crippen molar-refractivity contribution in [3.63, 3.8) is 0 Å². The number of para-hydroxylation sites is 1. The van der Waals surface area contributed by atoms with E-state index in [2.05, 4.69) is 9.97 Å². The van der Waals surface area contributed by atoms with Crippen LogP contribution < -0.4 is 4.90 Å². The van der Waals surface area contributed by atoms with Crippen LogP contribution in [0, 0.1) is 5.82 Å². The molecular formula is C12H14FN3O2. The lowest BCUT2D eigenvalue weighted by molar-refractivity contribution is 0.281. The third kappa shape index (κ3) is 2.39. The van der Waals surface area contributed by atoms with Gasteiger partial charge < -0.3 is 15.1 Å². The molecule has 0 saturated heterocycles. The minimum Gasteiger partial charge on any atom is -0.395 e. The third-order valence-corrected chi connectivity index (χ3v) is 2.63. The Morgan fingerprint density at radius 1 is 1.11 bits per heavy atom. The van der Waals surface area contributed by atoms with E-state index in [9.17, 15) is 4.39 Å². The molecule has 96 valence electrons. The van der Waals surface area contributed by atoms with Crippen LogP contribution in [0.5, 0.6) is 0 Å². The van der Waals surface area contributed by atoms with Crippen molar-refractivity contribution in [2.75, 3.05) is 31.2 Å². The standard InChI is InChI=1S/C12H14FN3O2/c13-10-3-1-2-9-11(10)14-8-15-12(9)16(4-6-17)5-7-18/h1-3,8,17-18H,4-7H2. The fraction of sp³-hybridized carbons (Fsp3) is 0.333. The first-order chi connectivity index (χ1) is 8.77. The van der Waals surface area contributed by atoms with Crippen molar-refractivity contribution in [1.29, 1.82) is 0 Å². The summed E-state index contributed by atoms with van der Waals surface area (Å²) < 4.78 is 13.6. The number of nitrogens with zero attached hydrogens (tertiary/aromatic N) is 3. The molecule has 0 radical (unpaired) electrons. The summed E-state index contributed by atoms with van der Waals surface area (Å²) >= 11 is 0. The van der Waals surface area contributed by atoms with Gasteiger partial charge in [0.1, 0.15) is 23.5 Å². The molecule has 0 saturated carbocycles. The van der Waals surface area contributed by atoms with Crippen LogP contribution >= 0.6 is 0 Å². The van der Waals surface area contributed by atoms with Crippen molar-refractivity contribution in [2.24, 2.45) is 0 Å². The number of hydrogen-bond donors (Lipinski definition) is 2. The first-order valence-electron chi connectivity index (χ1n) is 5.64. The van der Waals surface area contributed by atoms with Gasteiger partial charge in [0.2, 0.25) is 0 Å². The lowest BCUT2D eigenvalue weighted by Crippen LogP contribution is -2.30. The highest BCUT2D eigenvalue weighted by atomic mass is 19.1. The van der Waals surface area contributed by atoms with E-state index in [4.69, 9.17) is 10.2 Å². The molecule has 0 spiro atoms. The Bertz CT molecular complexity index is 530. The minimum absolute atomic E-state index is 0.0686. The van der Waals surface area contributed by atoms with Gasteiger partial charge in [-0.05, 0) is 12.1 Å². The number of aliphatic hydroxyl groups excluding tert-OH is 2. The van der Waals surface area contributed by atoms with Crippen LogP contribution in [0.1, 0.15) is 0 Å². The molecule has 0 aliphatic carbocycles.